The number of rotatable bonds is 4. The van der Waals surface area contributed by atoms with Crippen molar-refractivity contribution in [1.29, 1.82) is 0 Å². The van der Waals surface area contributed by atoms with Crippen molar-refractivity contribution in [3.05, 3.63) is 0 Å². The minimum absolute atomic E-state index is 0.0136. The van der Waals surface area contributed by atoms with Gasteiger partial charge in [0.25, 0.3) is 0 Å². The maximum atomic E-state index is 12.0. The van der Waals surface area contributed by atoms with Crippen LogP contribution < -0.4 is 5.32 Å². The van der Waals surface area contributed by atoms with Gasteiger partial charge in [0.1, 0.15) is 0 Å². The molecule has 0 atom stereocenters. The lowest BCUT2D eigenvalue weighted by Crippen LogP contribution is -2.46. The molecule has 0 bridgehead atoms. The third-order valence-electron chi connectivity index (χ3n) is 3.51. The summed E-state index contributed by atoms with van der Waals surface area (Å²) in [5, 5.41) is 11.4. The first-order valence-electron chi connectivity index (χ1n) is 6.98. The van der Waals surface area contributed by atoms with Gasteiger partial charge in [-0.3, -0.25) is 14.4 Å². The molecule has 1 aliphatic heterocycles. The van der Waals surface area contributed by atoms with Crippen molar-refractivity contribution in [3.8, 4) is 0 Å². The fourth-order valence-corrected chi connectivity index (χ4v) is 2.17. The van der Waals surface area contributed by atoms with Crippen molar-refractivity contribution >= 4 is 17.8 Å². The van der Waals surface area contributed by atoms with Crippen LogP contribution in [0.2, 0.25) is 0 Å². The number of nitrogens with zero attached hydrogens (tertiary/aromatic N) is 1. The normalized spacial score (nSPS) is 16.9. The summed E-state index contributed by atoms with van der Waals surface area (Å²) in [7, 11) is 0. The Balaban J connectivity index is 2.33. The highest BCUT2D eigenvalue weighted by molar-refractivity contribution is 5.87. The maximum Gasteiger partial charge on any atom is 0.303 e. The Bertz CT molecular complexity index is 379. The smallest absolute Gasteiger partial charge is 0.303 e. The summed E-state index contributed by atoms with van der Waals surface area (Å²) < 4.78 is 0. The third kappa shape index (κ3) is 5.19. The van der Waals surface area contributed by atoms with Crippen LogP contribution in [0.3, 0.4) is 0 Å². The lowest BCUT2D eigenvalue weighted by atomic mass is 9.93. The molecule has 6 nitrogen and oxygen atoms in total. The van der Waals surface area contributed by atoms with Gasteiger partial charge in [-0.15, -0.1) is 0 Å². The number of carboxylic acid groups (broad SMARTS) is 1. The van der Waals surface area contributed by atoms with Gasteiger partial charge in [-0.25, -0.2) is 0 Å². The van der Waals surface area contributed by atoms with E-state index in [1.54, 1.807) is 25.7 Å². The second-order valence-corrected chi connectivity index (χ2v) is 6.35. The molecule has 2 amide bonds. The fourth-order valence-electron chi connectivity index (χ4n) is 2.17. The molecule has 6 heteroatoms. The summed E-state index contributed by atoms with van der Waals surface area (Å²) in [6, 6.07) is 0. The number of carboxylic acids is 1. The molecule has 1 heterocycles. The second-order valence-electron chi connectivity index (χ2n) is 6.35. The van der Waals surface area contributed by atoms with E-state index in [1.807, 2.05) is 0 Å². The molecule has 0 spiro atoms. The molecular formula is C14H24N2O4. The first kappa shape index (κ1) is 16.5. The topological polar surface area (TPSA) is 86.7 Å². The van der Waals surface area contributed by atoms with Crippen molar-refractivity contribution in [2.24, 2.45) is 11.3 Å². The van der Waals surface area contributed by atoms with Gasteiger partial charge in [0.05, 0.1) is 6.54 Å². The molecule has 0 radical (unpaired) electrons. The highest BCUT2D eigenvalue weighted by atomic mass is 16.4. The van der Waals surface area contributed by atoms with E-state index in [1.165, 1.54) is 0 Å². The predicted octanol–water partition coefficient (Wildman–Crippen LogP) is 0.862. The zero-order chi connectivity index (χ0) is 15.3. The van der Waals surface area contributed by atoms with Crippen LogP contribution in [0.5, 0.6) is 0 Å². The minimum Gasteiger partial charge on any atom is -0.481 e. The van der Waals surface area contributed by atoms with Crippen LogP contribution in [-0.4, -0.2) is 47.4 Å². The Labute approximate surface area is 119 Å². The van der Waals surface area contributed by atoms with Crippen molar-refractivity contribution in [1.82, 2.24) is 10.2 Å². The van der Waals surface area contributed by atoms with Crippen LogP contribution in [0.1, 0.15) is 40.0 Å². The highest BCUT2D eigenvalue weighted by Gasteiger charge is 2.26. The summed E-state index contributed by atoms with van der Waals surface area (Å²) in [5.41, 5.74) is -0.505. The first-order valence-corrected chi connectivity index (χ1v) is 6.98. The molecule has 0 aliphatic carbocycles. The van der Waals surface area contributed by atoms with Crippen LogP contribution in [0.4, 0.5) is 0 Å². The molecule has 1 saturated heterocycles. The third-order valence-corrected chi connectivity index (χ3v) is 3.51. The number of aliphatic carboxylic acids is 1. The number of likely N-dealkylation sites (tertiary alicyclic amines) is 1. The molecule has 0 unspecified atom stereocenters. The van der Waals surface area contributed by atoms with Gasteiger partial charge < -0.3 is 15.3 Å². The van der Waals surface area contributed by atoms with Crippen LogP contribution in [0.15, 0.2) is 0 Å². The monoisotopic (exact) mass is 284 g/mol. The lowest BCUT2D eigenvalue weighted by Gasteiger charge is -2.31. The summed E-state index contributed by atoms with van der Waals surface area (Å²) in [4.78, 5) is 36.0. The van der Waals surface area contributed by atoms with Gasteiger partial charge in [-0.05, 0) is 18.8 Å². The molecule has 0 aromatic heterocycles. The largest absolute Gasteiger partial charge is 0.481 e. The van der Waals surface area contributed by atoms with Crippen molar-refractivity contribution in [2.45, 2.75) is 40.0 Å². The van der Waals surface area contributed by atoms with E-state index < -0.39 is 11.4 Å². The van der Waals surface area contributed by atoms with E-state index in [9.17, 15) is 14.4 Å². The van der Waals surface area contributed by atoms with Gasteiger partial charge >= 0.3 is 5.97 Å². The summed E-state index contributed by atoms with van der Waals surface area (Å²) in [6.45, 7) is 6.54. The standard InChI is InChI=1S/C14H24N2O4/c1-14(2,3)13(20)15-9-11(17)16-6-4-10(5-7-16)8-12(18)19/h10H,4-9H2,1-3H3,(H,15,20)(H,18,19). The summed E-state index contributed by atoms with van der Waals surface area (Å²) in [6.07, 6.45) is 1.60. The Kier molecular flexibility index (Phi) is 5.53. The molecule has 0 aromatic rings. The number of hydrogen-bond donors (Lipinski definition) is 2. The Morgan fingerprint density at radius 1 is 1.20 bits per heavy atom. The zero-order valence-corrected chi connectivity index (χ0v) is 12.4. The first-order chi connectivity index (χ1) is 9.20. The average Bonchev–Trinajstić information content (AvgIpc) is 2.34. The Morgan fingerprint density at radius 3 is 2.20 bits per heavy atom. The minimum atomic E-state index is -0.785. The molecular weight excluding hydrogens is 260 g/mol. The number of amides is 2. The van der Waals surface area contributed by atoms with E-state index in [2.05, 4.69) is 5.32 Å². The van der Waals surface area contributed by atoms with E-state index in [4.69, 9.17) is 5.11 Å². The van der Waals surface area contributed by atoms with Gasteiger partial charge in [-0.1, -0.05) is 20.8 Å². The number of carbonyl (C=O) groups is 3. The van der Waals surface area contributed by atoms with Gasteiger partial charge in [0.2, 0.25) is 11.8 Å². The SMILES string of the molecule is CC(C)(C)C(=O)NCC(=O)N1CCC(CC(=O)O)CC1. The van der Waals surface area contributed by atoms with Crippen LogP contribution in [-0.2, 0) is 14.4 Å². The predicted molar refractivity (Wildman–Crippen MR) is 74.0 cm³/mol. The Hall–Kier alpha value is -1.59. The molecule has 1 aliphatic rings. The van der Waals surface area contributed by atoms with Gasteiger partial charge in [-0.2, -0.15) is 0 Å². The molecule has 20 heavy (non-hydrogen) atoms. The molecule has 114 valence electrons. The molecule has 2 N–H and O–H groups in total. The van der Waals surface area contributed by atoms with E-state index >= 15 is 0 Å². The quantitative estimate of drug-likeness (QED) is 0.801. The van der Waals surface area contributed by atoms with Gasteiger partial charge in [0.15, 0.2) is 0 Å². The summed E-state index contributed by atoms with van der Waals surface area (Å²) >= 11 is 0. The number of hydrogen-bond acceptors (Lipinski definition) is 3. The molecule has 0 saturated carbocycles. The van der Waals surface area contributed by atoms with Crippen LogP contribution in [0.25, 0.3) is 0 Å². The van der Waals surface area contributed by atoms with Crippen LogP contribution in [0, 0.1) is 11.3 Å². The average molecular weight is 284 g/mol. The maximum absolute atomic E-state index is 12.0. The number of carbonyl (C=O) groups excluding carboxylic acids is 2. The molecule has 0 aromatic carbocycles. The van der Waals surface area contributed by atoms with Gasteiger partial charge in [0, 0.05) is 24.9 Å². The van der Waals surface area contributed by atoms with E-state index in [0.29, 0.717) is 25.9 Å². The highest BCUT2D eigenvalue weighted by Crippen LogP contribution is 2.20. The Morgan fingerprint density at radius 2 is 1.75 bits per heavy atom. The van der Waals surface area contributed by atoms with E-state index in [0.717, 1.165) is 0 Å². The number of nitrogens with one attached hydrogen (secondary N) is 1. The lowest BCUT2D eigenvalue weighted by molar-refractivity contribution is -0.139. The second kappa shape index (κ2) is 6.72. The van der Waals surface area contributed by atoms with Crippen molar-refractivity contribution in [2.75, 3.05) is 19.6 Å². The molecule has 1 rings (SSSR count). The summed E-state index contributed by atoms with van der Waals surface area (Å²) in [5.74, 6) is -0.879. The van der Waals surface area contributed by atoms with Crippen molar-refractivity contribution < 1.29 is 19.5 Å². The van der Waals surface area contributed by atoms with E-state index in [-0.39, 0.29) is 30.7 Å². The fraction of sp³-hybridized carbons (Fsp3) is 0.786. The molecule has 1 fully saturated rings. The van der Waals surface area contributed by atoms with Crippen molar-refractivity contribution in [3.63, 3.8) is 0 Å². The van der Waals surface area contributed by atoms with Crippen LogP contribution >= 0.6 is 0 Å². The number of piperidine rings is 1. The zero-order valence-electron chi connectivity index (χ0n) is 12.4.